The van der Waals surface area contributed by atoms with Gasteiger partial charge < -0.3 is 35.5 Å². The number of phosphoric ester groups is 1. The second kappa shape index (κ2) is 8.88. The second-order valence-electron chi connectivity index (χ2n) is 6.16. The van der Waals surface area contributed by atoms with E-state index in [0.717, 1.165) is 18.1 Å². The van der Waals surface area contributed by atoms with Gasteiger partial charge in [-0.1, -0.05) is 0 Å². The number of thioether (sulfide) groups is 1. The molecule has 1 fully saturated rings. The topological polar surface area (TPSA) is 296 Å². The van der Waals surface area contributed by atoms with Crippen molar-refractivity contribution < 1.29 is 56.6 Å². The Morgan fingerprint density at radius 3 is 2.50 bits per heavy atom. The minimum Gasteiger partial charge on any atom is -0.756 e. The van der Waals surface area contributed by atoms with Crippen LogP contribution in [-0.2, 0) is 26.8 Å². The fourth-order valence-corrected chi connectivity index (χ4v) is 7.17. The monoisotopic (exact) mass is 537 g/mol. The Labute approximate surface area is 180 Å². The molecule has 2 aromatic heterocycles. The standard InChI is InChI=1S/C10H16N5O13P3S/c11-10-13-7-4(8(18)14-10)12-2-15(7)9-6(17)5(16)3(32-9)1-26-30(22,23)28-31(24,25)27-29(19,20)21/h2-3,5-6,9,16-17H,1H2,(H,22,23)(H,24,25)(H2,19,20,21)(H3,11,13,14,18)/p-2/t3-,5-,6-,9-/m1/s1. The lowest BCUT2D eigenvalue weighted by Crippen LogP contribution is -2.33. The van der Waals surface area contributed by atoms with E-state index in [-0.39, 0.29) is 17.1 Å². The molecule has 0 amide bonds. The molecule has 18 nitrogen and oxygen atoms in total. The summed E-state index contributed by atoms with van der Waals surface area (Å²) in [4.78, 5) is 61.4. The number of nitrogens with one attached hydrogen (secondary N) is 1. The maximum atomic E-state index is 11.9. The Kier molecular flexibility index (Phi) is 7.07. The highest BCUT2D eigenvalue weighted by Gasteiger charge is 2.45. The molecule has 0 spiro atoms. The molecule has 2 aromatic rings. The summed E-state index contributed by atoms with van der Waals surface area (Å²) in [6.45, 7) is -0.871. The maximum absolute atomic E-state index is 11.9. The maximum Gasteiger partial charge on any atom is 0.478 e. The molecule has 1 aliphatic rings. The quantitative estimate of drug-likeness (QED) is 0.184. The number of aliphatic hydroxyl groups is 2. The smallest absolute Gasteiger partial charge is 0.478 e. The number of nitrogen functional groups attached to an aromatic ring is 1. The van der Waals surface area contributed by atoms with Crippen LogP contribution in [0.3, 0.4) is 0 Å². The predicted molar refractivity (Wildman–Crippen MR) is 100 cm³/mol. The molecular weight excluding hydrogens is 523 g/mol. The molecule has 3 rings (SSSR count). The number of H-pyrrole nitrogens is 1. The van der Waals surface area contributed by atoms with Crippen LogP contribution in [0, 0.1) is 0 Å². The van der Waals surface area contributed by atoms with Gasteiger partial charge in [0, 0.05) is 0 Å². The number of fused-ring (bicyclic) bond motifs is 1. The Morgan fingerprint density at radius 2 is 1.88 bits per heavy atom. The number of hydrogen-bond donors (Lipinski definition) is 6. The predicted octanol–water partition coefficient (Wildman–Crippen LogP) is -2.88. The number of anilines is 1. The number of nitrogens with two attached hydrogens (primary N) is 1. The number of rotatable bonds is 8. The van der Waals surface area contributed by atoms with Crippen LogP contribution in [-0.4, -0.2) is 63.6 Å². The van der Waals surface area contributed by atoms with Crippen molar-refractivity contribution in [3.05, 3.63) is 16.7 Å². The van der Waals surface area contributed by atoms with Gasteiger partial charge >= 0.3 is 7.82 Å². The average molecular weight is 537 g/mol. The normalized spacial score (nSPS) is 29.4. The number of nitrogens with zero attached hydrogens (tertiary/aromatic N) is 3. The first kappa shape index (κ1) is 25.5. The number of hydrogen-bond acceptors (Lipinski definition) is 15. The molecule has 3 unspecified atom stereocenters. The lowest BCUT2D eigenvalue weighted by atomic mass is 10.1. The Balaban J connectivity index is 1.72. The van der Waals surface area contributed by atoms with E-state index < -0.39 is 58.5 Å². The van der Waals surface area contributed by atoms with E-state index in [2.05, 4.69) is 28.1 Å². The fraction of sp³-hybridized carbons (Fsp3) is 0.500. The molecular formula is C10H14N5O13P3S-2. The second-order valence-corrected chi connectivity index (χ2v) is 11.9. The molecule has 0 aliphatic carbocycles. The summed E-state index contributed by atoms with van der Waals surface area (Å²) >= 11 is 0.784. The van der Waals surface area contributed by atoms with Crippen LogP contribution >= 0.6 is 35.2 Å². The van der Waals surface area contributed by atoms with Gasteiger partial charge in [0.05, 0.1) is 24.3 Å². The Morgan fingerprint density at radius 1 is 1.22 bits per heavy atom. The molecule has 180 valence electrons. The van der Waals surface area contributed by atoms with Crippen LogP contribution in [0.2, 0.25) is 0 Å². The zero-order chi connectivity index (χ0) is 24.1. The summed E-state index contributed by atoms with van der Waals surface area (Å²) in [5.41, 5.74) is 4.70. The van der Waals surface area contributed by atoms with E-state index >= 15 is 0 Å². The summed E-state index contributed by atoms with van der Waals surface area (Å²) in [6, 6.07) is 0. The van der Waals surface area contributed by atoms with Gasteiger partial charge in [-0.05, 0) is 0 Å². The fourth-order valence-electron chi connectivity index (χ4n) is 2.68. The third-order valence-electron chi connectivity index (χ3n) is 3.87. The Hall–Kier alpha value is -1.17. The van der Waals surface area contributed by atoms with E-state index in [1.165, 1.54) is 4.57 Å². The third kappa shape index (κ3) is 5.84. The molecule has 1 saturated heterocycles. The van der Waals surface area contributed by atoms with Gasteiger partial charge in [-0.2, -0.15) is 4.98 Å². The highest BCUT2D eigenvalue weighted by molar-refractivity contribution is 8.00. The van der Waals surface area contributed by atoms with Gasteiger partial charge in [0.1, 0.15) is 11.5 Å². The van der Waals surface area contributed by atoms with Crippen LogP contribution in [0.15, 0.2) is 11.1 Å². The van der Waals surface area contributed by atoms with Crippen molar-refractivity contribution in [3.8, 4) is 0 Å². The van der Waals surface area contributed by atoms with Crippen molar-refractivity contribution in [2.45, 2.75) is 22.8 Å². The van der Waals surface area contributed by atoms with Crippen LogP contribution in [0.1, 0.15) is 5.37 Å². The molecule has 3 heterocycles. The van der Waals surface area contributed by atoms with Crippen molar-refractivity contribution in [1.29, 1.82) is 0 Å². The Bertz CT molecular complexity index is 1210. The van der Waals surface area contributed by atoms with Gasteiger partial charge in [0.15, 0.2) is 11.2 Å². The molecule has 0 saturated carbocycles. The molecule has 1 aliphatic heterocycles. The number of aromatic nitrogens is 4. The molecule has 7 atom stereocenters. The van der Waals surface area contributed by atoms with Gasteiger partial charge in [-0.15, -0.1) is 11.8 Å². The van der Waals surface area contributed by atoms with Crippen molar-refractivity contribution in [1.82, 2.24) is 19.5 Å². The summed E-state index contributed by atoms with van der Waals surface area (Å²) in [5, 5.41) is 18.4. The molecule has 7 N–H and O–H groups in total. The average Bonchev–Trinajstić information content (AvgIpc) is 3.12. The molecule has 32 heavy (non-hydrogen) atoms. The van der Waals surface area contributed by atoms with E-state index in [4.69, 9.17) is 10.6 Å². The lowest BCUT2D eigenvalue weighted by molar-refractivity contribution is -0.236. The van der Waals surface area contributed by atoms with Gasteiger partial charge in [-0.3, -0.25) is 28.0 Å². The van der Waals surface area contributed by atoms with Crippen molar-refractivity contribution >= 4 is 52.3 Å². The highest BCUT2D eigenvalue weighted by atomic mass is 32.2. The van der Waals surface area contributed by atoms with Crippen molar-refractivity contribution in [2.24, 2.45) is 0 Å². The zero-order valence-corrected chi connectivity index (χ0v) is 18.7. The van der Waals surface area contributed by atoms with Crippen LogP contribution in [0.5, 0.6) is 0 Å². The third-order valence-corrected chi connectivity index (χ3v) is 9.15. The minimum atomic E-state index is -6.01. The van der Waals surface area contributed by atoms with Crippen LogP contribution < -0.4 is 21.1 Å². The first-order valence-corrected chi connectivity index (χ1v) is 13.5. The zero-order valence-electron chi connectivity index (χ0n) is 15.2. The number of imidazole rings is 1. The number of aliphatic hydroxyl groups excluding tert-OH is 2. The van der Waals surface area contributed by atoms with Gasteiger partial charge in [-0.25, -0.2) is 18.2 Å². The first-order chi connectivity index (χ1) is 14.6. The first-order valence-electron chi connectivity index (χ1n) is 8.07. The number of aromatic amines is 1. The molecule has 0 bridgehead atoms. The lowest BCUT2D eigenvalue weighted by Gasteiger charge is -2.28. The molecule has 0 radical (unpaired) electrons. The van der Waals surface area contributed by atoms with Crippen LogP contribution in [0.4, 0.5) is 5.95 Å². The SMILES string of the molecule is Nc1nc2c(ncn2[C@@H]2S[C@H](COP(=O)(O)OP(=O)([O-])OP(=O)([O-])O)[C@@H](O)[C@H]2O)c(=O)[nH]1. The molecule has 0 aromatic carbocycles. The van der Waals surface area contributed by atoms with E-state index in [0.29, 0.717) is 0 Å². The summed E-state index contributed by atoms with van der Waals surface area (Å²) in [6.07, 6.45) is -1.97. The minimum absolute atomic E-state index is 0.0248. The summed E-state index contributed by atoms with van der Waals surface area (Å²) in [7, 11) is -17.4. The van der Waals surface area contributed by atoms with E-state index in [1.807, 2.05) is 0 Å². The van der Waals surface area contributed by atoms with Gasteiger partial charge in [0.25, 0.3) is 21.2 Å². The summed E-state index contributed by atoms with van der Waals surface area (Å²) < 4.78 is 45.9. The van der Waals surface area contributed by atoms with Crippen LogP contribution in [0.25, 0.3) is 11.2 Å². The largest absolute Gasteiger partial charge is 0.756 e. The molecule has 22 heteroatoms. The van der Waals surface area contributed by atoms with Crippen molar-refractivity contribution in [3.63, 3.8) is 0 Å². The summed E-state index contributed by atoms with van der Waals surface area (Å²) in [5.74, 6) is -0.240. The van der Waals surface area contributed by atoms with E-state index in [1.54, 1.807) is 0 Å². The number of phosphoric acid groups is 3. The van der Waals surface area contributed by atoms with Crippen molar-refractivity contribution in [2.75, 3.05) is 12.3 Å². The highest BCUT2D eigenvalue weighted by Crippen LogP contribution is 2.63. The van der Waals surface area contributed by atoms with Gasteiger partial charge in [0.2, 0.25) is 5.95 Å². The van der Waals surface area contributed by atoms with E-state index in [9.17, 15) is 43.4 Å².